The Labute approximate surface area is 159 Å². The second-order valence-corrected chi connectivity index (χ2v) is 6.41. The van der Waals surface area contributed by atoms with Crippen molar-refractivity contribution >= 4 is 0 Å². The molecule has 0 radical (unpaired) electrons. The topological polar surface area (TPSA) is 30.5 Å². The molecule has 0 amide bonds. The highest BCUT2D eigenvalue weighted by molar-refractivity contribution is 5.43. The fourth-order valence-electron chi connectivity index (χ4n) is 2.81. The van der Waals surface area contributed by atoms with Gasteiger partial charge >= 0.3 is 0 Å². The lowest BCUT2D eigenvalue weighted by atomic mass is 10.1. The number of halogens is 1. The standard InChI is InChI=1S/C23H24FNO2/c1-17(20-6-4-3-5-7-20)25-15-19-10-13-22(23(14-19)26-2)27-16-18-8-11-21(24)12-9-18/h3-14,17,25H,15-16H2,1-2H3. The van der Waals surface area contributed by atoms with Gasteiger partial charge in [0.25, 0.3) is 0 Å². The van der Waals surface area contributed by atoms with Crippen molar-refractivity contribution in [1.82, 2.24) is 5.32 Å². The zero-order valence-electron chi connectivity index (χ0n) is 15.6. The second kappa shape index (κ2) is 9.19. The summed E-state index contributed by atoms with van der Waals surface area (Å²) in [5, 5.41) is 3.52. The zero-order chi connectivity index (χ0) is 19.1. The minimum atomic E-state index is -0.252. The molecule has 140 valence electrons. The molecule has 0 aliphatic heterocycles. The van der Waals surface area contributed by atoms with Gasteiger partial charge in [-0.3, -0.25) is 0 Å². The molecule has 0 saturated carbocycles. The van der Waals surface area contributed by atoms with Crippen LogP contribution in [-0.2, 0) is 13.2 Å². The molecule has 1 atom stereocenters. The number of ether oxygens (including phenoxy) is 2. The molecule has 3 nitrogen and oxygen atoms in total. The second-order valence-electron chi connectivity index (χ2n) is 6.41. The van der Waals surface area contributed by atoms with Crippen LogP contribution in [0, 0.1) is 5.82 Å². The smallest absolute Gasteiger partial charge is 0.161 e. The molecule has 0 aliphatic carbocycles. The Morgan fingerprint density at radius 2 is 1.59 bits per heavy atom. The van der Waals surface area contributed by atoms with Gasteiger partial charge < -0.3 is 14.8 Å². The highest BCUT2D eigenvalue weighted by atomic mass is 19.1. The van der Waals surface area contributed by atoms with Gasteiger partial charge in [-0.25, -0.2) is 4.39 Å². The number of nitrogens with one attached hydrogen (secondary N) is 1. The SMILES string of the molecule is COc1cc(CNC(C)c2ccccc2)ccc1OCc1ccc(F)cc1. The maximum absolute atomic E-state index is 13.0. The number of methoxy groups -OCH3 is 1. The minimum absolute atomic E-state index is 0.252. The van der Waals surface area contributed by atoms with Crippen molar-refractivity contribution in [2.45, 2.75) is 26.1 Å². The molecular weight excluding hydrogens is 341 g/mol. The van der Waals surface area contributed by atoms with Gasteiger partial charge in [-0.1, -0.05) is 48.5 Å². The Morgan fingerprint density at radius 3 is 2.30 bits per heavy atom. The summed E-state index contributed by atoms with van der Waals surface area (Å²) in [6.45, 7) is 3.23. The Hall–Kier alpha value is -2.85. The third kappa shape index (κ3) is 5.31. The van der Waals surface area contributed by atoms with E-state index in [0.717, 1.165) is 17.7 Å². The molecule has 3 rings (SSSR count). The van der Waals surface area contributed by atoms with Crippen LogP contribution in [0.25, 0.3) is 0 Å². The lowest BCUT2D eigenvalue weighted by molar-refractivity contribution is 0.284. The van der Waals surface area contributed by atoms with Crippen LogP contribution in [0.2, 0.25) is 0 Å². The summed E-state index contributed by atoms with van der Waals surface area (Å²) in [6.07, 6.45) is 0. The first-order valence-corrected chi connectivity index (χ1v) is 8.98. The zero-order valence-corrected chi connectivity index (χ0v) is 15.6. The largest absolute Gasteiger partial charge is 0.493 e. The van der Waals surface area contributed by atoms with Crippen LogP contribution < -0.4 is 14.8 Å². The van der Waals surface area contributed by atoms with Gasteiger partial charge in [0.15, 0.2) is 11.5 Å². The van der Waals surface area contributed by atoms with Crippen LogP contribution >= 0.6 is 0 Å². The van der Waals surface area contributed by atoms with Crippen LogP contribution in [0.1, 0.15) is 29.7 Å². The maximum atomic E-state index is 13.0. The summed E-state index contributed by atoms with van der Waals surface area (Å²) >= 11 is 0. The van der Waals surface area contributed by atoms with Crippen LogP contribution in [0.3, 0.4) is 0 Å². The van der Waals surface area contributed by atoms with Crippen molar-refractivity contribution in [3.8, 4) is 11.5 Å². The fourth-order valence-corrected chi connectivity index (χ4v) is 2.81. The molecule has 27 heavy (non-hydrogen) atoms. The molecule has 3 aromatic rings. The summed E-state index contributed by atoms with van der Waals surface area (Å²) in [5.74, 6) is 1.10. The van der Waals surface area contributed by atoms with Gasteiger partial charge in [0.2, 0.25) is 0 Å². The maximum Gasteiger partial charge on any atom is 0.161 e. The van der Waals surface area contributed by atoms with Crippen molar-refractivity contribution in [2.24, 2.45) is 0 Å². The average molecular weight is 365 g/mol. The van der Waals surface area contributed by atoms with Crippen LogP contribution in [-0.4, -0.2) is 7.11 Å². The third-order valence-electron chi connectivity index (χ3n) is 4.45. The van der Waals surface area contributed by atoms with E-state index in [4.69, 9.17) is 9.47 Å². The van der Waals surface area contributed by atoms with E-state index in [-0.39, 0.29) is 11.9 Å². The minimum Gasteiger partial charge on any atom is -0.493 e. The van der Waals surface area contributed by atoms with Crippen molar-refractivity contribution < 1.29 is 13.9 Å². The number of hydrogen-bond acceptors (Lipinski definition) is 3. The molecule has 1 N–H and O–H groups in total. The lowest BCUT2D eigenvalue weighted by Crippen LogP contribution is -2.18. The first-order chi connectivity index (χ1) is 13.2. The Kier molecular flexibility index (Phi) is 6.44. The molecule has 0 fully saturated rings. The van der Waals surface area contributed by atoms with E-state index in [9.17, 15) is 4.39 Å². The molecule has 0 bridgehead atoms. The van der Waals surface area contributed by atoms with Gasteiger partial charge in [0, 0.05) is 12.6 Å². The Bertz CT molecular complexity index is 850. The average Bonchev–Trinajstić information content (AvgIpc) is 2.72. The summed E-state index contributed by atoms with van der Waals surface area (Å²) in [4.78, 5) is 0. The van der Waals surface area contributed by atoms with E-state index < -0.39 is 0 Å². The van der Waals surface area contributed by atoms with E-state index in [1.54, 1.807) is 19.2 Å². The van der Waals surface area contributed by atoms with Gasteiger partial charge in [-0.05, 0) is 47.9 Å². The molecule has 0 spiro atoms. The molecule has 0 aromatic heterocycles. The predicted molar refractivity (Wildman–Crippen MR) is 105 cm³/mol. The van der Waals surface area contributed by atoms with E-state index in [2.05, 4.69) is 24.4 Å². The van der Waals surface area contributed by atoms with Gasteiger partial charge in [-0.15, -0.1) is 0 Å². The number of benzene rings is 3. The fraction of sp³-hybridized carbons (Fsp3) is 0.217. The molecule has 1 unspecified atom stereocenters. The van der Waals surface area contributed by atoms with Crippen LogP contribution in [0.15, 0.2) is 72.8 Å². The number of hydrogen-bond donors (Lipinski definition) is 1. The van der Waals surface area contributed by atoms with Crippen molar-refractivity contribution in [3.63, 3.8) is 0 Å². The summed E-state index contributed by atoms with van der Waals surface area (Å²) in [7, 11) is 1.63. The third-order valence-corrected chi connectivity index (χ3v) is 4.45. The molecule has 4 heteroatoms. The Balaban J connectivity index is 1.60. The molecule has 0 heterocycles. The molecule has 3 aromatic carbocycles. The predicted octanol–water partition coefficient (Wildman–Crippen LogP) is 5.26. The lowest BCUT2D eigenvalue weighted by Gasteiger charge is -2.16. The Morgan fingerprint density at radius 1 is 0.889 bits per heavy atom. The van der Waals surface area contributed by atoms with Gasteiger partial charge in [0.05, 0.1) is 7.11 Å². The van der Waals surface area contributed by atoms with Crippen LogP contribution in [0.5, 0.6) is 11.5 Å². The molecular formula is C23H24FNO2. The quantitative estimate of drug-likeness (QED) is 0.590. The van der Waals surface area contributed by atoms with E-state index >= 15 is 0 Å². The highest BCUT2D eigenvalue weighted by Crippen LogP contribution is 2.29. The van der Waals surface area contributed by atoms with Crippen molar-refractivity contribution in [3.05, 3.63) is 95.3 Å². The molecule has 0 saturated heterocycles. The number of rotatable bonds is 8. The van der Waals surface area contributed by atoms with Gasteiger partial charge in [-0.2, -0.15) is 0 Å². The van der Waals surface area contributed by atoms with E-state index in [0.29, 0.717) is 18.1 Å². The monoisotopic (exact) mass is 365 g/mol. The first-order valence-electron chi connectivity index (χ1n) is 8.98. The summed E-state index contributed by atoms with van der Waals surface area (Å²) in [5.41, 5.74) is 3.27. The van der Waals surface area contributed by atoms with Crippen molar-refractivity contribution in [1.29, 1.82) is 0 Å². The van der Waals surface area contributed by atoms with Crippen LogP contribution in [0.4, 0.5) is 4.39 Å². The normalized spacial score (nSPS) is 11.8. The van der Waals surface area contributed by atoms with Crippen molar-refractivity contribution in [2.75, 3.05) is 7.11 Å². The summed E-state index contributed by atoms with van der Waals surface area (Å²) < 4.78 is 24.3. The van der Waals surface area contributed by atoms with E-state index in [1.165, 1.54) is 17.7 Å². The highest BCUT2D eigenvalue weighted by Gasteiger charge is 2.08. The van der Waals surface area contributed by atoms with Gasteiger partial charge in [0.1, 0.15) is 12.4 Å². The molecule has 0 aliphatic rings. The summed E-state index contributed by atoms with van der Waals surface area (Å²) in [6, 6.07) is 22.8. The van der Waals surface area contributed by atoms with E-state index in [1.807, 2.05) is 36.4 Å². The first kappa shape index (κ1) is 18.9.